The lowest BCUT2D eigenvalue weighted by molar-refractivity contribution is -0.253. The molecule has 5 unspecified atom stereocenters. The zero-order valence-electron chi connectivity index (χ0n) is 30.1. The fraction of sp³-hybridized carbons (Fsp3) is 0.381. The molecule has 1 aliphatic rings. The van der Waals surface area contributed by atoms with E-state index in [-0.39, 0.29) is 36.7 Å². The van der Waals surface area contributed by atoms with Gasteiger partial charge in [-0.05, 0) is 67.8 Å². The average Bonchev–Trinajstić information content (AvgIpc) is 3.17. The van der Waals surface area contributed by atoms with E-state index in [0.29, 0.717) is 42.9 Å². The molecule has 4 aromatic rings. The Labute approximate surface area is 307 Å². The first-order valence-electron chi connectivity index (χ1n) is 18.2. The number of amides is 2. The molecule has 5 rings (SSSR count). The number of nitrogens with zero attached hydrogens (tertiary/aromatic N) is 1. The van der Waals surface area contributed by atoms with Crippen LogP contribution < -0.4 is 16.4 Å². The third kappa shape index (κ3) is 11.2. The maximum Gasteiger partial charge on any atom is 0.224 e. The van der Waals surface area contributed by atoms with Crippen molar-refractivity contribution in [2.75, 3.05) is 30.0 Å². The van der Waals surface area contributed by atoms with Crippen LogP contribution in [0.15, 0.2) is 103 Å². The summed E-state index contributed by atoms with van der Waals surface area (Å²) in [4.78, 5) is 27.0. The van der Waals surface area contributed by atoms with Crippen LogP contribution in [0.3, 0.4) is 0 Å². The second-order valence-electron chi connectivity index (χ2n) is 13.6. The zero-order valence-corrected chi connectivity index (χ0v) is 30.1. The second kappa shape index (κ2) is 19.3. The highest BCUT2D eigenvalue weighted by molar-refractivity contribution is 5.93. The summed E-state index contributed by atoms with van der Waals surface area (Å²) in [6, 6.07) is 32.0. The van der Waals surface area contributed by atoms with Gasteiger partial charge < -0.3 is 36.1 Å². The largest absolute Gasteiger partial charge is 0.397 e. The topological polar surface area (TPSA) is 146 Å². The molecule has 10 nitrogen and oxygen atoms in total. The van der Waals surface area contributed by atoms with E-state index in [4.69, 9.17) is 15.2 Å². The molecule has 0 aromatic heterocycles. The third-order valence-corrected chi connectivity index (χ3v) is 9.66. The van der Waals surface area contributed by atoms with Gasteiger partial charge in [-0.25, -0.2) is 0 Å². The van der Waals surface area contributed by atoms with Gasteiger partial charge in [0, 0.05) is 43.1 Å². The van der Waals surface area contributed by atoms with Gasteiger partial charge in [0.1, 0.15) is 0 Å². The van der Waals surface area contributed by atoms with Gasteiger partial charge in [-0.3, -0.25) is 14.5 Å². The van der Waals surface area contributed by atoms with E-state index in [2.05, 4.69) is 15.5 Å². The number of nitrogens with one attached hydrogen (secondary N) is 2. The fourth-order valence-corrected chi connectivity index (χ4v) is 6.39. The van der Waals surface area contributed by atoms with Gasteiger partial charge >= 0.3 is 0 Å². The Morgan fingerprint density at radius 2 is 1.42 bits per heavy atom. The van der Waals surface area contributed by atoms with Crippen LogP contribution in [0.2, 0.25) is 0 Å². The number of ether oxygens (including phenoxy) is 2. The molecular weight excluding hydrogens is 656 g/mol. The second-order valence-corrected chi connectivity index (χ2v) is 13.6. The van der Waals surface area contributed by atoms with Crippen LogP contribution in [0.25, 0.3) is 0 Å². The monoisotopic (exact) mass is 708 g/mol. The summed E-state index contributed by atoms with van der Waals surface area (Å²) in [5.74, 6) is -0.122. The molecule has 276 valence electrons. The average molecular weight is 709 g/mol. The molecule has 52 heavy (non-hydrogen) atoms. The van der Waals surface area contributed by atoms with Crippen molar-refractivity contribution in [3.63, 3.8) is 0 Å². The van der Waals surface area contributed by atoms with Gasteiger partial charge in [-0.2, -0.15) is 0 Å². The number of aliphatic hydroxyl groups is 2. The minimum Gasteiger partial charge on any atom is -0.397 e. The maximum atomic E-state index is 12.7. The predicted molar refractivity (Wildman–Crippen MR) is 204 cm³/mol. The number of unbranched alkanes of at least 4 members (excludes halogenated alkanes) is 3. The van der Waals surface area contributed by atoms with Gasteiger partial charge in [-0.15, -0.1) is 0 Å². The standard InChI is InChI=1S/C42H52N4O6/c1-29(41(50)32-12-6-5-7-13-32)46(2)27-35-26-38(31-20-18-30(28-47)19-21-31)52-42(51-35)33-22-24-34(25-23-33)44-39(48)16-8-3-4-9-17-40(49)45-37-15-11-10-14-36(37)43/h5-7,10-15,18-25,29,35,38,41-42,47,50H,3-4,8-9,16-17,26-28,43H2,1-2H3,(H,44,48)(H,45,49). The Morgan fingerprint density at radius 1 is 0.808 bits per heavy atom. The van der Waals surface area contributed by atoms with Gasteiger partial charge in [0.15, 0.2) is 6.29 Å². The molecule has 6 N–H and O–H groups in total. The smallest absolute Gasteiger partial charge is 0.224 e. The molecule has 5 atom stereocenters. The lowest BCUT2D eigenvalue weighted by Gasteiger charge is -2.39. The number of aliphatic hydroxyl groups excluding tert-OH is 2. The predicted octanol–water partition coefficient (Wildman–Crippen LogP) is 7.28. The molecule has 1 heterocycles. The summed E-state index contributed by atoms with van der Waals surface area (Å²) < 4.78 is 13.0. The molecular formula is C42H52N4O6. The van der Waals surface area contributed by atoms with Crippen LogP contribution in [-0.4, -0.2) is 52.7 Å². The van der Waals surface area contributed by atoms with E-state index in [1.165, 1.54) is 0 Å². The van der Waals surface area contributed by atoms with Crippen molar-refractivity contribution >= 4 is 28.9 Å². The summed E-state index contributed by atoms with van der Waals surface area (Å²) in [5.41, 5.74) is 11.3. The van der Waals surface area contributed by atoms with Crippen molar-refractivity contribution < 1.29 is 29.3 Å². The molecule has 1 aliphatic heterocycles. The number of likely N-dealkylation sites (N-methyl/N-ethyl adjacent to an activating group) is 1. The van der Waals surface area contributed by atoms with Crippen molar-refractivity contribution in [2.24, 2.45) is 0 Å². The molecule has 1 saturated heterocycles. The number of hydrogen-bond donors (Lipinski definition) is 5. The number of para-hydroxylation sites is 2. The number of nitrogens with two attached hydrogens (primary N) is 1. The molecule has 0 saturated carbocycles. The summed E-state index contributed by atoms with van der Waals surface area (Å²) >= 11 is 0. The van der Waals surface area contributed by atoms with Crippen LogP contribution in [-0.2, 0) is 25.7 Å². The van der Waals surface area contributed by atoms with E-state index in [1.807, 2.05) is 105 Å². The van der Waals surface area contributed by atoms with Crippen molar-refractivity contribution in [3.05, 3.63) is 125 Å². The molecule has 0 radical (unpaired) electrons. The first-order valence-corrected chi connectivity index (χ1v) is 18.2. The Bertz CT molecular complexity index is 1700. The van der Waals surface area contributed by atoms with E-state index < -0.39 is 12.4 Å². The number of benzene rings is 4. The Kier molecular flexibility index (Phi) is 14.4. The quantitative estimate of drug-likeness (QED) is 0.0569. The van der Waals surface area contributed by atoms with Crippen molar-refractivity contribution in [1.82, 2.24) is 4.90 Å². The summed E-state index contributed by atoms with van der Waals surface area (Å²) in [6.07, 6.45) is 2.91. The van der Waals surface area contributed by atoms with Crippen LogP contribution in [0.4, 0.5) is 17.1 Å². The van der Waals surface area contributed by atoms with E-state index >= 15 is 0 Å². The van der Waals surface area contributed by atoms with Gasteiger partial charge in [0.25, 0.3) is 0 Å². The van der Waals surface area contributed by atoms with Gasteiger partial charge in [-0.1, -0.05) is 91.7 Å². The summed E-state index contributed by atoms with van der Waals surface area (Å²) in [5, 5.41) is 26.4. The van der Waals surface area contributed by atoms with Crippen molar-refractivity contribution in [2.45, 2.75) is 89.1 Å². The van der Waals surface area contributed by atoms with E-state index in [0.717, 1.165) is 47.9 Å². The van der Waals surface area contributed by atoms with Gasteiger partial charge in [0.05, 0.1) is 36.3 Å². The number of nitrogen functional groups attached to an aromatic ring is 1. The Hall–Kier alpha value is -4.58. The third-order valence-electron chi connectivity index (χ3n) is 9.66. The molecule has 4 aromatic carbocycles. The normalized spacial score (nSPS) is 18.4. The minimum absolute atomic E-state index is 0.0261. The lowest BCUT2D eigenvalue weighted by atomic mass is 9.98. The van der Waals surface area contributed by atoms with Crippen LogP contribution in [0.5, 0.6) is 0 Å². The van der Waals surface area contributed by atoms with E-state index in [9.17, 15) is 19.8 Å². The van der Waals surface area contributed by atoms with Crippen molar-refractivity contribution in [1.29, 1.82) is 0 Å². The van der Waals surface area contributed by atoms with Crippen molar-refractivity contribution in [3.8, 4) is 0 Å². The fourth-order valence-electron chi connectivity index (χ4n) is 6.39. The number of rotatable bonds is 17. The molecule has 0 spiro atoms. The molecule has 10 heteroatoms. The number of carbonyl (C=O) groups excluding carboxylic acids is 2. The number of anilines is 3. The minimum atomic E-state index is -0.648. The highest BCUT2D eigenvalue weighted by atomic mass is 16.7. The first-order chi connectivity index (χ1) is 25.2. The summed E-state index contributed by atoms with van der Waals surface area (Å²) in [7, 11) is 2.00. The van der Waals surface area contributed by atoms with Crippen LogP contribution >= 0.6 is 0 Å². The number of hydrogen-bond acceptors (Lipinski definition) is 8. The maximum absolute atomic E-state index is 12.7. The molecule has 0 bridgehead atoms. The molecule has 0 aliphatic carbocycles. The highest BCUT2D eigenvalue weighted by Gasteiger charge is 2.34. The molecule has 1 fully saturated rings. The molecule has 2 amide bonds. The van der Waals surface area contributed by atoms with Crippen LogP contribution in [0, 0.1) is 0 Å². The highest BCUT2D eigenvalue weighted by Crippen LogP contribution is 2.39. The SMILES string of the molecule is CC(C(O)c1ccccc1)N(C)CC1CC(c2ccc(CO)cc2)OC(c2ccc(NC(=O)CCCCCCC(=O)Nc3ccccc3N)cc2)O1. The Morgan fingerprint density at radius 3 is 2.08 bits per heavy atom. The van der Waals surface area contributed by atoms with Gasteiger partial charge in [0.2, 0.25) is 11.8 Å². The zero-order chi connectivity index (χ0) is 36.9. The van der Waals surface area contributed by atoms with Crippen LogP contribution in [0.1, 0.15) is 92.6 Å². The van der Waals surface area contributed by atoms with E-state index in [1.54, 1.807) is 12.1 Å². The summed E-state index contributed by atoms with van der Waals surface area (Å²) in [6.45, 7) is 2.57. The first kappa shape index (κ1) is 38.6. The Balaban J connectivity index is 1.12. The number of carbonyl (C=O) groups is 2. The lowest BCUT2D eigenvalue weighted by Crippen LogP contribution is -2.43.